The number of hydrogen-bond donors (Lipinski definition) is 1. The average Bonchev–Trinajstić information content (AvgIpc) is 2.28. The van der Waals surface area contributed by atoms with Gasteiger partial charge in [0.15, 0.2) is 0 Å². The molecule has 1 N–H and O–H groups in total. The van der Waals surface area contributed by atoms with Gasteiger partial charge >= 0.3 is 0 Å². The lowest BCUT2D eigenvalue weighted by atomic mass is 9.70. The van der Waals surface area contributed by atoms with Crippen molar-refractivity contribution in [3.05, 3.63) is 0 Å². The molecule has 0 saturated carbocycles. The molecule has 0 amide bonds. The van der Waals surface area contributed by atoms with Crippen LogP contribution in [0.4, 0.5) is 0 Å². The monoisotopic (exact) mass is 349 g/mol. The maximum absolute atomic E-state index is 7.15. The van der Waals surface area contributed by atoms with Crippen molar-refractivity contribution in [1.29, 1.82) is 5.41 Å². The van der Waals surface area contributed by atoms with Gasteiger partial charge in [-0.1, -0.05) is 41.0 Å². The van der Waals surface area contributed by atoms with Crippen LogP contribution < -0.4 is 0 Å². The van der Waals surface area contributed by atoms with Crippen molar-refractivity contribution in [3.8, 4) is 0 Å². The van der Waals surface area contributed by atoms with E-state index < -0.39 is 0 Å². The summed E-state index contributed by atoms with van der Waals surface area (Å²) in [6.07, 6.45) is 4.24. The van der Waals surface area contributed by atoms with Crippen molar-refractivity contribution in [2.45, 2.75) is 53.9 Å². The van der Waals surface area contributed by atoms with Crippen LogP contribution in [0, 0.1) is 16.2 Å². The molecule has 0 radical (unpaired) electrons. The van der Waals surface area contributed by atoms with Crippen LogP contribution in [-0.4, -0.2) is 16.4 Å². The summed E-state index contributed by atoms with van der Waals surface area (Å²) in [6.45, 7) is 11.1. The van der Waals surface area contributed by atoms with E-state index in [-0.39, 0.29) is 10.8 Å². The highest BCUT2D eigenvalue weighted by molar-refractivity contribution is 14.1. The molecule has 0 rings (SSSR count). The van der Waals surface area contributed by atoms with Crippen LogP contribution in [0.15, 0.2) is 9.98 Å². The van der Waals surface area contributed by atoms with Crippen LogP contribution >= 0.6 is 22.6 Å². The first-order valence-corrected chi connectivity index (χ1v) is 7.29. The summed E-state index contributed by atoms with van der Waals surface area (Å²) in [5.74, 6) is 0.769. The molecule has 0 aromatic carbocycles. The lowest BCUT2D eigenvalue weighted by molar-refractivity contribution is 0.224. The van der Waals surface area contributed by atoms with E-state index >= 15 is 0 Å². The zero-order chi connectivity index (χ0) is 13.5. The molecule has 0 aliphatic heterocycles. The van der Waals surface area contributed by atoms with Crippen LogP contribution in [0.25, 0.3) is 0 Å². The van der Waals surface area contributed by atoms with Gasteiger partial charge in [-0.3, -0.25) is 5.41 Å². The van der Waals surface area contributed by atoms with Gasteiger partial charge in [0.05, 0.1) is 4.22 Å². The second-order valence-corrected chi connectivity index (χ2v) is 5.97. The van der Waals surface area contributed by atoms with E-state index in [2.05, 4.69) is 67.2 Å². The van der Waals surface area contributed by atoms with E-state index in [4.69, 9.17) is 5.41 Å². The molecule has 4 heteroatoms. The van der Waals surface area contributed by atoms with Gasteiger partial charge in [0.1, 0.15) is 12.2 Å². The first-order valence-electron chi connectivity index (χ1n) is 6.05. The Morgan fingerprint density at radius 1 is 1.24 bits per heavy atom. The molecule has 0 aliphatic carbocycles. The molecule has 0 fully saturated rings. The first kappa shape index (κ1) is 16.7. The first-order chi connectivity index (χ1) is 7.85. The number of amidine groups is 1. The quantitative estimate of drug-likeness (QED) is 0.411. The summed E-state index contributed by atoms with van der Waals surface area (Å²) in [4.78, 5) is 8.47. The van der Waals surface area contributed by atoms with Gasteiger partial charge in [-0.2, -0.15) is 0 Å². The second-order valence-electron chi connectivity index (χ2n) is 5.42. The topological polar surface area (TPSA) is 48.6 Å². The number of nitrogens with one attached hydrogen (secondary N) is 1. The Labute approximate surface area is 119 Å². The molecule has 0 aromatic heterocycles. The Hall–Kier alpha value is -0.260. The largest absolute Gasteiger partial charge is 0.289 e. The van der Waals surface area contributed by atoms with Crippen molar-refractivity contribution < 1.29 is 0 Å². The molecule has 0 spiro atoms. The third-order valence-electron chi connectivity index (χ3n) is 3.50. The molecule has 1 unspecified atom stereocenters. The van der Waals surface area contributed by atoms with Gasteiger partial charge in [-0.25, -0.2) is 9.98 Å². The van der Waals surface area contributed by atoms with E-state index in [1.807, 2.05) is 0 Å². The maximum Gasteiger partial charge on any atom is 0.136 e. The predicted molar refractivity (Wildman–Crippen MR) is 85.8 cm³/mol. The van der Waals surface area contributed by atoms with Gasteiger partial charge in [0.2, 0.25) is 0 Å². The van der Waals surface area contributed by atoms with Gasteiger partial charge < -0.3 is 0 Å². The number of halogens is 1. The van der Waals surface area contributed by atoms with Crippen molar-refractivity contribution in [3.63, 3.8) is 0 Å². The van der Waals surface area contributed by atoms with Gasteiger partial charge in [-0.15, -0.1) is 0 Å². The van der Waals surface area contributed by atoms with Gasteiger partial charge in [0.25, 0.3) is 0 Å². The van der Waals surface area contributed by atoms with Gasteiger partial charge in [0, 0.05) is 5.41 Å². The number of hydrogen-bond acceptors (Lipinski definition) is 1. The minimum Gasteiger partial charge on any atom is -0.289 e. The molecule has 0 bridgehead atoms. The highest BCUT2D eigenvalue weighted by atomic mass is 127. The third kappa shape index (κ3) is 5.27. The highest BCUT2D eigenvalue weighted by Crippen LogP contribution is 2.39. The van der Waals surface area contributed by atoms with E-state index in [9.17, 15) is 0 Å². The van der Waals surface area contributed by atoms with Gasteiger partial charge in [-0.05, 0) is 40.8 Å². The summed E-state index contributed by atoms with van der Waals surface area (Å²) in [7, 11) is 0. The SMILES string of the molecule is CCC(C)(C)CC(C)(CC)C(/N=C\I)=N/C=N. The molecule has 0 aliphatic rings. The fraction of sp³-hybridized carbons (Fsp3) is 0.769. The summed E-state index contributed by atoms with van der Waals surface area (Å²) in [5.41, 5.74) is 0.215. The average molecular weight is 349 g/mol. The minimum absolute atomic E-state index is 0.0568. The van der Waals surface area contributed by atoms with E-state index in [0.29, 0.717) is 0 Å². The number of nitrogens with zero attached hydrogens (tertiary/aromatic N) is 2. The summed E-state index contributed by atoms with van der Waals surface area (Å²) >= 11 is 2.10. The molecule has 98 valence electrons. The molecule has 17 heavy (non-hydrogen) atoms. The highest BCUT2D eigenvalue weighted by Gasteiger charge is 2.34. The minimum atomic E-state index is -0.0568. The van der Waals surface area contributed by atoms with E-state index in [1.165, 1.54) is 0 Å². The van der Waals surface area contributed by atoms with Crippen LogP contribution in [-0.2, 0) is 0 Å². The standard InChI is InChI=1S/C13H24IN3/c1-6-12(3,4)8-13(5,7-2)11(16-9-14)17-10-15/h9-10,15H,6-8H2,1-5H3/b15-10?,16-9-,17-11-. The lowest BCUT2D eigenvalue weighted by Gasteiger charge is -2.35. The molecule has 0 heterocycles. The Morgan fingerprint density at radius 2 is 1.82 bits per heavy atom. The van der Waals surface area contributed by atoms with Crippen LogP contribution in [0.5, 0.6) is 0 Å². The Bertz CT molecular complexity index is 308. The predicted octanol–water partition coefficient (Wildman–Crippen LogP) is 4.70. The number of aliphatic imine (C=N–C) groups is 2. The van der Waals surface area contributed by atoms with E-state index in [0.717, 1.165) is 31.4 Å². The van der Waals surface area contributed by atoms with Crippen LogP contribution in [0.3, 0.4) is 0 Å². The Morgan fingerprint density at radius 3 is 2.18 bits per heavy atom. The fourth-order valence-corrected chi connectivity index (χ4v) is 2.26. The van der Waals surface area contributed by atoms with Crippen molar-refractivity contribution in [1.82, 2.24) is 0 Å². The van der Waals surface area contributed by atoms with Crippen LogP contribution in [0.2, 0.25) is 0 Å². The zero-order valence-corrected chi connectivity index (χ0v) is 13.7. The molecular weight excluding hydrogens is 325 g/mol. The molecule has 1 atom stereocenters. The molecule has 0 aromatic rings. The van der Waals surface area contributed by atoms with Crippen molar-refractivity contribution >= 4 is 39.0 Å². The maximum atomic E-state index is 7.15. The normalized spacial score (nSPS) is 17.2. The van der Waals surface area contributed by atoms with Crippen molar-refractivity contribution in [2.75, 3.05) is 0 Å². The lowest BCUT2D eigenvalue weighted by Crippen LogP contribution is -2.32. The Balaban J connectivity index is 5.23. The summed E-state index contributed by atoms with van der Waals surface area (Å²) in [6, 6.07) is 0. The summed E-state index contributed by atoms with van der Waals surface area (Å²) in [5, 5.41) is 7.15. The smallest absolute Gasteiger partial charge is 0.136 e. The Kier molecular flexibility index (Phi) is 7.13. The fourth-order valence-electron chi connectivity index (χ4n) is 2.00. The second kappa shape index (κ2) is 7.24. The molecular formula is C13H24IN3. The van der Waals surface area contributed by atoms with Crippen molar-refractivity contribution in [2.24, 2.45) is 20.8 Å². The third-order valence-corrected chi connectivity index (χ3v) is 3.78. The van der Waals surface area contributed by atoms with Crippen LogP contribution in [0.1, 0.15) is 53.9 Å². The summed E-state index contributed by atoms with van der Waals surface area (Å²) < 4.78 is 1.73. The van der Waals surface area contributed by atoms with E-state index in [1.54, 1.807) is 4.22 Å². The zero-order valence-electron chi connectivity index (χ0n) is 11.5. The molecule has 0 saturated heterocycles. The molecule has 3 nitrogen and oxygen atoms in total. The number of rotatable bonds is 6.